The number of amides is 1. The summed E-state index contributed by atoms with van der Waals surface area (Å²) in [6.07, 6.45) is 0. The molecule has 1 saturated heterocycles. The Morgan fingerprint density at radius 3 is 2.44 bits per heavy atom. The molecule has 18 heavy (non-hydrogen) atoms. The number of piperazine rings is 1. The molecule has 0 saturated carbocycles. The zero-order valence-corrected chi connectivity index (χ0v) is 10.9. The number of rotatable bonds is 2. The van der Waals surface area contributed by atoms with Crippen LogP contribution in [-0.2, 0) is 4.79 Å². The lowest BCUT2D eigenvalue weighted by atomic mass is 10.1. The highest BCUT2D eigenvalue weighted by Gasteiger charge is 2.22. The van der Waals surface area contributed by atoms with Gasteiger partial charge in [-0.2, -0.15) is 0 Å². The van der Waals surface area contributed by atoms with Gasteiger partial charge in [0.2, 0.25) is 5.91 Å². The molecule has 1 heterocycles. The van der Waals surface area contributed by atoms with E-state index in [2.05, 4.69) is 4.90 Å². The van der Waals surface area contributed by atoms with E-state index in [4.69, 9.17) is 0 Å². The van der Waals surface area contributed by atoms with Crippen LogP contribution in [0.1, 0.15) is 13.8 Å². The van der Waals surface area contributed by atoms with Crippen molar-refractivity contribution in [2.24, 2.45) is 5.92 Å². The van der Waals surface area contributed by atoms with Crippen LogP contribution in [0.25, 0.3) is 0 Å². The number of halogens is 1. The second kappa shape index (κ2) is 5.38. The van der Waals surface area contributed by atoms with E-state index in [0.717, 1.165) is 18.8 Å². The third-order valence-electron chi connectivity index (χ3n) is 3.26. The highest BCUT2D eigenvalue weighted by atomic mass is 19.1. The van der Waals surface area contributed by atoms with Crippen molar-refractivity contribution in [3.8, 4) is 0 Å². The minimum atomic E-state index is -0.215. The highest BCUT2D eigenvalue weighted by Crippen LogP contribution is 2.18. The Balaban J connectivity index is 1.96. The van der Waals surface area contributed by atoms with E-state index in [9.17, 15) is 9.18 Å². The van der Waals surface area contributed by atoms with Crippen LogP contribution >= 0.6 is 0 Å². The zero-order chi connectivity index (χ0) is 13.1. The Kier molecular flexibility index (Phi) is 3.84. The molecule has 2 rings (SSSR count). The standard InChI is InChI=1S/C14H19FN2O/c1-11(2)14(18)17-8-6-16(7-9-17)13-5-3-4-12(15)10-13/h3-5,10-11H,6-9H2,1-2H3. The summed E-state index contributed by atoms with van der Waals surface area (Å²) in [5, 5.41) is 0. The molecule has 4 heteroatoms. The Hall–Kier alpha value is -1.58. The van der Waals surface area contributed by atoms with Crippen molar-refractivity contribution in [2.75, 3.05) is 31.1 Å². The average Bonchev–Trinajstić information content (AvgIpc) is 2.38. The number of hydrogen-bond donors (Lipinski definition) is 0. The average molecular weight is 250 g/mol. The molecular formula is C14H19FN2O. The summed E-state index contributed by atoms with van der Waals surface area (Å²) in [6.45, 7) is 6.80. The minimum Gasteiger partial charge on any atom is -0.368 e. The van der Waals surface area contributed by atoms with Gasteiger partial charge in [-0.1, -0.05) is 19.9 Å². The first kappa shape index (κ1) is 12.9. The number of hydrogen-bond acceptors (Lipinski definition) is 2. The SMILES string of the molecule is CC(C)C(=O)N1CCN(c2cccc(F)c2)CC1. The maximum atomic E-state index is 13.1. The molecule has 1 aliphatic heterocycles. The first-order chi connectivity index (χ1) is 8.58. The first-order valence-electron chi connectivity index (χ1n) is 6.37. The van der Waals surface area contributed by atoms with Crippen LogP contribution in [-0.4, -0.2) is 37.0 Å². The van der Waals surface area contributed by atoms with E-state index in [-0.39, 0.29) is 17.6 Å². The van der Waals surface area contributed by atoms with Crippen molar-refractivity contribution < 1.29 is 9.18 Å². The van der Waals surface area contributed by atoms with E-state index in [0.29, 0.717) is 13.1 Å². The molecule has 1 fully saturated rings. The predicted octanol–water partition coefficient (Wildman–Crippen LogP) is 2.13. The molecule has 0 radical (unpaired) electrons. The van der Waals surface area contributed by atoms with Crippen molar-refractivity contribution in [3.05, 3.63) is 30.1 Å². The Morgan fingerprint density at radius 2 is 1.89 bits per heavy atom. The van der Waals surface area contributed by atoms with Gasteiger partial charge in [-0.05, 0) is 18.2 Å². The van der Waals surface area contributed by atoms with Crippen LogP contribution in [0.3, 0.4) is 0 Å². The maximum Gasteiger partial charge on any atom is 0.225 e. The molecule has 1 aliphatic rings. The van der Waals surface area contributed by atoms with Crippen LogP contribution < -0.4 is 4.90 Å². The summed E-state index contributed by atoms with van der Waals surface area (Å²) in [7, 11) is 0. The molecule has 98 valence electrons. The quantitative estimate of drug-likeness (QED) is 0.802. The number of carbonyl (C=O) groups is 1. The molecule has 1 amide bonds. The van der Waals surface area contributed by atoms with Crippen molar-refractivity contribution in [1.82, 2.24) is 4.90 Å². The van der Waals surface area contributed by atoms with Crippen LogP contribution in [0.5, 0.6) is 0 Å². The highest BCUT2D eigenvalue weighted by molar-refractivity contribution is 5.78. The molecule has 0 bridgehead atoms. The number of benzene rings is 1. The van der Waals surface area contributed by atoms with Crippen molar-refractivity contribution in [2.45, 2.75) is 13.8 Å². The Bertz CT molecular complexity index is 426. The van der Waals surface area contributed by atoms with Crippen LogP contribution in [0.2, 0.25) is 0 Å². The normalized spacial score (nSPS) is 16.2. The fourth-order valence-electron chi connectivity index (χ4n) is 2.22. The van der Waals surface area contributed by atoms with Gasteiger partial charge in [0.1, 0.15) is 5.82 Å². The zero-order valence-electron chi connectivity index (χ0n) is 10.9. The van der Waals surface area contributed by atoms with Gasteiger partial charge in [0.15, 0.2) is 0 Å². The monoisotopic (exact) mass is 250 g/mol. The molecule has 0 atom stereocenters. The lowest BCUT2D eigenvalue weighted by Crippen LogP contribution is -2.49. The van der Waals surface area contributed by atoms with Gasteiger partial charge in [0.25, 0.3) is 0 Å². The second-order valence-electron chi connectivity index (χ2n) is 4.95. The van der Waals surface area contributed by atoms with Gasteiger partial charge >= 0.3 is 0 Å². The van der Waals surface area contributed by atoms with E-state index < -0.39 is 0 Å². The van der Waals surface area contributed by atoms with Crippen molar-refractivity contribution in [1.29, 1.82) is 0 Å². The Morgan fingerprint density at radius 1 is 1.22 bits per heavy atom. The molecular weight excluding hydrogens is 231 g/mol. The molecule has 0 unspecified atom stereocenters. The van der Waals surface area contributed by atoms with Gasteiger partial charge in [-0.25, -0.2) is 4.39 Å². The van der Waals surface area contributed by atoms with Crippen LogP contribution in [0, 0.1) is 11.7 Å². The van der Waals surface area contributed by atoms with Gasteiger partial charge in [-0.3, -0.25) is 4.79 Å². The molecule has 1 aromatic rings. The molecule has 0 N–H and O–H groups in total. The van der Waals surface area contributed by atoms with Gasteiger partial charge in [0.05, 0.1) is 0 Å². The second-order valence-corrected chi connectivity index (χ2v) is 4.95. The molecule has 1 aromatic carbocycles. The summed E-state index contributed by atoms with van der Waals surface area (Å²) in [5.41, 5.74) is 0.895. The lowest BCUT2D eigenvalue weighted by Gasteiger charge is -2.36. The predicted molar refractivity (Wildman–Crippen MR) is 70.0 cm³/mol. The van der Waals surface area contributed by atoms with E-state index in [1.165, 1.54) is 6.07 Å². The van der Waals surface area contributed by atoms with Gasteiger partial charge in [-0.15, -0.1) is 0 Å². The summed E-state index contributed by atoms with van der Waals surface area (Å²) < 4.78 is 13.1. The summed E-state index contributed by atoms with van der Waals surface area (Å²) in [5.74, 6) is 0.0350. The summed E-state index contributed by atoms with van der Waals surface area (Å²) >= 11 is 0. The molecule has 3 nitrogen and oxygen atoms in total. The maximum absolute atomic E-state index is 13.1. The third-order valence-corrected chi connectivity index (χ3v) is 3.26. The van der Waals surface area contributed by atoms with E-state index >= 15 is 0 Å². The fraction of sp³-hybridized carbons (Fsp3) is 0.500. The van der Waals surface area contributed by atoms with Crippen molar-refractivity contribution >= 4 is 11.6 Å². The van der Waals surface area contributed by atoms with E-state index in [1.54, 1.807) is 12.1 Å². The lowest BCUT2D eigenvalue weighted by molar-refractivity contribution is -0.134. The van der Waals surface area contributed by atoms with E-state index in [1.807, 2.05) is 24.8 Å². The van der Waals surface area contributed by atoms with Crippen LogP contribution in [0.15, 0.2) is 24.3 Å². The van der Waals surface area contributed by atoms with Gasteiger partial charge < -0.3 is 9.80 Å². The number of carbonyl (C=O) groups excluding carboxylic acids is 1. The minimum absolute atomic E-state index is 0.0470. The first-order valence-corrected chi connectivity index (χ1v) is 6.37. The third kappa shape index (κ3) is 2.81. The van der Waals surface area contributed by atoms with Crippen LogP contribution in [0.4, 0.5) is 10.1 Å². The van der Waals surface area contributed by atoms with Crippen molar-refractivity contribution in [3.63, 3.8) is 0 Å². The number of nitrogens with zero attached hydrogens (tertiary/aromatic N) is 2. The number of anilines is 1. The molecule has 0 aromatic heterocycles. The van der Waals surface area contributed by atoms with Gasteiger partial charge in [0, 0.05) is 37.8 Å². The summed E-state index contributed by atoms with van der Waals surface area (Å²) in [6, 6.07) is 6.61. The summed E-state index contributed by atoms with van der Waals surface area (Å²) in [4.78, 5) is 15.9. The fourth-order valence-corrected chi connectivity index (χ4v) is 2.22. The molecule has 0 spiro atoms. The Labute approximate surface area is 107 Å². The largest absolute Gasteiger partial charge is 0.368 e. The smallest absolute Gasteiger partial charge is 0.225 e. The molecule has 0 aliphatic carbocycles. The topological polar surface area (TPSA) is 23.6 Å².